The standard InChI is InChI=1S/C14H22BrN3/c1-3-18-7-4-5-12(6-8-18)17-13-9-11(2)14(15)16-10-13/h9-10,12,17H,3-8H2,1-2H3. The van der Waals surface area contributed by atoms with E-state index in [1.54, 1.807) is 0 Å². The summed E-state index contributed by atoms with van der Waals surface area (Å²) in [4.78, 5) is 6.88. The van der Waals surface area contributed by atoms with Crippen molar-refractivity contribution in [2.75, 3.05) is 25.0 Å². The van der Waals surface area contributed by atoms with Crippen LogP contribution in [0.25, 0.3) is 0 Å². The van der Waals surface area contributed by atoms with Gasteiger partial charge in [-0.15, -0.1) is 0 Å². The van der Waals surface area contributed by atoms with Gasteiger partial charge in [-0.25, -0.2) is 4.98 Å². The molecular weight excluding hydrogens is 290 g/mol. The Labute approximate surface area is 118 Å². The summed E-state index contributed by atoms with van der Waals surface area (Å²) in [6, 6.07) is 2.75. The summed E-state index contributed by atoms with van der Waals surface area (Å²) in [6.45, 7) is 7.94. The van der Waals surface area contributed by atoms with E-state index in [0.717, 1.165) is 10.3 Å². The van der Waals surface area contributed by atoms with Gasteiger partial charge in [-0.2, -0.15) is 0 Å². The molecular formula is C14H22BrN3. The van der Waals surface area contributed by atoms with Crippen LogP contribution >= 0.6 is 15.9 Å². The van der Waals surface area contributed by atoms with Crippen LogP contribution in [0, 0.1) is 6.92 Å². The molecule has 1 unspecified atom stereocenters. The lowest BCUT2D eigenvalue weighted by Gasteiger charge is -2.19. The van der Waals surface area contributed by atoms with Crippen LogP contribution in [0.1, 0.15) is 31.7 Å². The molecule has 3 nitrogen and oxygen atoms in total. The molecule has 1 N–H and O–H groups in total. The highest BCUT2D eigenvalue weighted by molar-refractivity contribution is 9.10. The maximum atomic E-state index is 4.34. The van der Waals surface area contributed by atoms with Gasteiger partial charge in [-0.1, -0.05) is 6.92 Å². The van der Waals surface area contributed by atoms with Crippen molar-refractivity contribution in [3.05, 3.63) is 22.4 Å². The van der Waals surface area contributed by atoms with Gasteiger partial charge in [0.2, 0.25) is 0 Å². The number of nitrogens with one attached hydrogen (secondary N) is 1. The quantitative estimate of drug-likeness (QED) is 0.867. The first-order chi connectivity index (χ1) is 8.69. The van der Waals surface area contributed by atoms with E-state index in [2.05, 4.69) is 51.0 Å². The molecule has 1 aliphatic rings. The van der Waals surface area contributed by atoms with Gasteiger partial charge in [0.15, 0.2) is 0 Å². The molecule has 0 bridgehead atoms. The van der Waals surface area contributed by atoms with E-state index in [-0.39, 0.29) is 0 Å². The zero-order valence-electron chi connectivity index (χ0n) is 11.2. The second-order valence-electron chi connectivity index (χ2n) is 5.04. The third-order valence-electron chi connectivity index (χ3n) is 3.65. The number of aryl methyl sites for hydroxylation is 1. The average molecular weight is 312 g/mol. The van der Waals surface area contributed by atoms with Gasteiger partial charge in [0.25, 0.3) is 0 Å². The Morgan fingerprint density at radius 2 is 2.28 bits per heavy atom. The van der Waals surface area contributed by atoms with Crippen molar-refractivity contribution in [3.8, 4) is 0 Å². The lowest BCUT2D eigenvalue weighted by atomic mass is 10.1. The molecule has 1 aromatic rings. The van der Waals surface area contributed by atoms with Crippen LogP contribution in [0.2, 0.25) is 0 Å². The van der Waals surface area contributed by atoms with Gasteiger partial charge in [0.05, 0.1) is 11.9 Å². The molecule has 4 heteroatoms. The Bertz CT molecular complexity index is 395. The third-order valence-corrected chi connectivity index (χ3v) is 4.48. The summed E-state index contributed by atoms with van der Waals surface area (Å²) in [6.07, 6.45) is 5.68. The molecule has 2 heterocycles. The van der Waals surface area contributed by atoms with E-state index in [4.69, 9.17) is 0 Å². The molecule has 0 spiro atoms. The molecule has 1 fully saturated rings. The normalized spacial score (nSPS) is 21.6. The average Bonchev–Trinajstić information content (AvgIpc) is 2.59. The molecule has 0 saturated carbocycles. The second kappa shape index (κ2) is 6.53. The fourth-order valence-corrected chi connectivity index (χ4v) is 2.71. The maximum absolute atomic E-state index is 4.34. The van der Waals surface area contributed by atoms with Crippen molar-refractivity contribution >= 4 is 21.6 Å². The van der Waals surface area contributed by atoms with Gasteiger partial charge >= 0.3 is 0 Å². The topological polar surface area (TPSA) is 28.2 Å². The number of hydrogen-bond donors (Lipinski definition) is 1. The van der Waals surface area contributed by atoms with Crippen molar-refractivity contribution in [3.63, 3.8) is 0 Å². The van der Waals surface area contributed by atoms with Crippen LogP contribution in [0.5, 0.6) is 0 Å². The monoisotopic (exact) mass is 311 g/mol. The van der Waals surface area contributed by atoms with Gasteiger partial charge in [0.1, 0.15) is 4.60 Å². The minimum atomic E-state index is 0.587. The van der Waals surface area contributed by atoms with E-state index in [1.807, 2.05) is 6.20 Å². The summed E-state index contributed by atoms with van der Waals surface area (Å²) in [5, 5.41) is 3.62. The van der Waals surface area contributed by atoms with Crippen LogP contribution in [0.4, 0.5) is 5.69 Å². The summed E-state index contributed by atoms with van der Waals surface area (Å²) < 4.78 is 0.936. The van der Waals surface area contributed by atoms with Crippen molar-refractivity contribution < 1.29 is 0 Å². The van der Waals surface area contributed by atoms with E-state index in [0.29, 0.717) is 6.04 Å². The zero-order valence-corrected chi connectivity index (χ0v) is 12.8. The number of pyridine rings is 1. The molecule has 100 valence electrons. The predicted octanol–water partition coefficient (Wildman–Crippen LogP) is 3.44. The Morgan fingerprint density at radius 1 is 1.44 bits per heavy atom. The highest BCUT2D eigenvalue weighted by Crippen LogP contribution is 2.20. The molecule has 0 radical (unpaired) electrons. The molecule has 2 rings (SSSR count). The van der Waals surface area contributed by atoms with Crippen molar-refractivity contribution in [1.82, 2.24) is 9.88 Å². The highest BCUT2D eigenvalue weighted by Gasteiger charge is 2.15. The largest absolute Gasteiger partial charge is 0.381 e. The number of aromatic nitrogens is 1. The van der Waals surface area contributed by atoms with Gasteiger partial charge in [0, 0.05) is 12.6 Å². The van der Waals surface area contributed by atoms with Crippen LogP contribution in [0.15, 0.2) is 16.9 Å². The van der Waals surface area contributed by atoms with Gasteiger partial charge < -0.3 is 10.2 Å². The van der Waals surface area contributed by atoms with E-state index in [9.17, 15) is 0 Å². The maximum Gasteiger partial charge on any atom is 0.109 e. The number of rotatable bonds is 3. The fraction of sp³-hybridized carbons (Fsp3) is 0.643. The Hall–Kier alpha value is -0.610. The van der Waals surface area contributed by atoms with E-state index >= 15 is 0 Å². The minimum Gasteiger partial charge on any atom is -0.381 e. The number of halogens is 1. The minimum absolute atomic E-state index is 0.587. The number of likely N-dealkylation sites (tertiary alicyclic amines) is 1. The number of anilines is 1. The van der Waals surface area contributed by atoms with Crippen LogP contribution in [-0.4, -0.2) is 35.6 Å². The highest BCUT2D eigenvalue weighted by atomic mass is 79.9. The molecule has 0 aliphatic carbocycles. The molecule has 18 heavy (non-hydrogen) atoms. The van der Waals surface area contributed by atoms with Crippen molar-refractivity contribution in [1.29, 1.82) is 0 Å². The lowest BCUT2D eigenvalue weighted by Crippen LogP contribution is -2.26. The molecule has 1 saturated heterocycles. The zero-order chi connectivity index (χ0) is 13.0. The predicted molar refractivity (Wildman–Crippen MR) is 80.0 cm³/mol. The molecule has 1 aromatic heterocycles. The fourth-order valence-electron chi connectivity index (χ4n) is 2.49. The lowest BCUT2D eigenvalue weighted by molar-refractivity contribution is 0.300. The first kappa shape index (κ1) is 13.8. The van der Waals surface area contributed by atoms with Gasteiger partial charge in [-0.05, 0) is 66.8 Å². The smallest absolute Gasteiger partial charge is 0.109 e. The van der Waals surface area contributed by atoms with E-state index < -0.39 is 0 Å². The van der Waals surface area contributed by atoms with Crippen LogP contribution in [0.3, 0.4) is 0 Å². The van der Waals surface area contributed by atoms with Gasteiger partial charge in [-0.3, -0.25) is 0 Å². The first-order valence-electron chi connectivity index (χ1n) is 6.80. The number of nitrogens with zero attached hydrogens (tertiary/aromatic N) is 2. The van der Waals surface area contributed by atoms with Crippen LogP contribution in [-0.2, 0) is 0 Å². The Balaban J connectivity index is 1.94. The Morgan fingerprint density at radius 3 is 3.00 bits per heavy atom. The van der Waals surface area contributed by atoms with Crippen LogP contribution < -0.4 is 5.32 Å². The Kier molecular flexibility index (Phi) is 5.01. The first-order valence-corrected chi connectivity index (χ1v) is 7.59. The van der Waals surface area contributed by atoms with Crippen molar-refractivity contribution in [2.24, 2.45) is 0 Å². The molecule has 0 aromatic carbocycles. The second-order valence-corrected chi connectivity index (χ2v) is 5.79. The SMILES string of the molecule is CCN1CCCC(Nc2cnc(Br)c(C)c2)CC1. The summed E-state index contributed by atoms with van der Waals surface area (Å²) in [5.41, 5.74) is 2.33. The summed E-state index contributed by atoms with van der Waals surface area (Å²) in [5.74, 6) is 0. The third kappa shape index (κ3) is 3.69. The molecule has 1 aliphatic heterocycles. The molecule has 1 atom stereocenters. The summed E-state index contributed by atoms with van der Waals surface area (Å²) in [7, 11) is 0. The summed E-state index contributed by atoms with van der Waals surface area (Å²) >= 11 is 3.44. The van der Waals surface area contributed by atoms with E-state index in [1.165, 1.54) is 44.5 Å². The molecule has 0 amide bonds. The van der Waals surface area contributed by atoms with Crippen molar-refractivity contribution in [2.45, 2.75) is 39.2 Å². The number of hydrogen-bond acceptors (Lipinski definition) is 3.